The van der Waals surface area contributed by atoms with Crippen LogP contribution in [0.15, 0.2) is 67.4 Å². The summed E-state index contributed by atoms with van der Waals surface area (Å²) in [4.78, 5) is 11.5. The summed E-state index contributed by atoms with van der Waals surface area (Å²) in [6.07, 6.45) is 4.42. The quantitative estimate of drug-likeness (QED) is 0.296. The standard InChI is InChI=1S/C16H22O2.C12H16.C2H6.H2/c1-13-7-3-4-8-15(13)9-5-6-10-16(18)12-11-14(2)17;1-9(2)11-5-7-12(8-6-11)10(3)4;1-2;/h3-4,7-8,17H,2,5-6,9-12H2,1H3;5-8,10H,1H2,2-4H3;1-2H3;1H. The maximum Gasteiger partial charge on any atom is 0.133 e. The van der Waals surface area contributed by atoms with Gasteiger partial charge in [-0.15, -0.1) is 0 Å². The highest BCUT2D eigenvalue weighted by atomic mass is 16.3. The van der Waals surface area contributed by atoms with Gasteiger partial charge in [-0.3, -0.25) is 4.79 Å². The molecule has 2 nitrogen and oxygen atoms in total. The fourth-order valence-corrected chi connectivity index (χ4v) is 3.09. The smallest absolute Gasteiger partial charge is 0.133 e. The van der Waals surface area contributed by atoms with Crippen molar-refractivity contribution in [3.63, 3.8) is 0 Å². The monoisotopic (exact) mass is 438 g/mol. The second-order valence-corrected chi connectivity index (χ2v) is 8.30. The van der Waals surface area contributed by atoms with Crippen molar-refractivity contribution >= 4 is 11.4 Å². The van der Waals surface area contributed by atoms with Gasteiger partial charge in [-0.25, -0.2) is 0 Å². The van der Waals surface area contributed by atoms with Crippen LogP contribution in [0.5, 0.6) is 0 Å². The number of unbranched alkanes of at least 4 members (excludes halogenated alkanes) is 1. The Morgan fingerprint density at radius 1 is 0.938 bits per heavy atom. The van der Waals surface area contributed by atoms with Crippen LogP contribution in [0.2, 0.25) is 0 Å². The first-order valence-electron chi connectivity index (χ1n) is 11.9. The number of carbonyl (C=O) groups is 1. The number of ketones is 1. The number of aliphatic hydroxyl groups is 1. The molecule has 0 aromatic heterocycles. The summed E-state index contributed by atoms with van der Waals surface area (Å²) in [7, 11) is 0. The van der Waals surface area contributed by atoms with Crippen molar-refractivity contribution in [1.29, 1.82) is 0 Å². The number of aryl methyl sites for hydroxylation is 2. The third-order valence-electron chi connectivity index (χ3n) is 5.18. The minimum atomic E-state index is 0. The summed E-state index contributed by atoms with van der Waals surface area (Å²) < 4.78 is 0. The lowest BCUT2D eigenvalue weighted by molar-refractivity contribution is -0.119. The zero-order chi connectivity index (χ0) is 24.5. The molecule has 0 aliphatic heterocycles. The van der Waals surface area contributed by atoms with Crippen LogP contribution in [-0.2, 0) is 11.2 Å². The Morgan fingerprint density at radius 3 is 2.03 bits per heavy atom. The zero-order valence-electron chi connectivity index (χ0n) is 21.2. The number of hydrogen-bond acceptors (Lipinski definition) is 2. The topological polar surface area (TPSA) is 37.3 Å². The Kier molecular flexibility index (Phi) is 15.6. The molecule has 0 fully saturated rings. The molecule has 2 heteroatoms. The molecule has 0 saturated heterocycles. The van der Waals surface area contributed by atoms with E-state index in [1.54, 1.807) is 0 Å². The molecule has 2 aromatic rings. The van der Waals surface area contributed by atoms with E-state index in [2.05, 4.69) is 76.4 Å². The summed E-state index contributed by atoms with van der Waals surface area (Å²) in [5.41, 5.74) is 6.44. The Labute approximate surface area is 198 Å². The van der Waals surface area contributed by atoms with Gasteiger partial charge in [0, 0.05) is 20.7 Å². The molecule has 0 aliphatic rings. The van der Waals surface area contributed by atoms with E-state index in [1.165, 1.54) is 22.3 Å². The predicted octanol–water partition coefficient (Wildman–Crippen LogP) is 9.24. The van der Waals surface area contributed by atoms with E-state index >= 15 is 0 Å². The summed E-state index contributed by atoms with van der Waals surface area (Å²) >= 11 is 0. The van der Waals surface area contributed by atoms with Crippen molar-refractivity contribution in [2.24, 2.45) is 0 Å². The molecule has 0 unspecified atom stereocenters. The number of rotatable bonds is 10. The van der Waals surface area contributed by atoms with E-state index in [0.717, 1.165) is 24.8 Å². The van der Waals surface area contributed by atoms with E-state index in [1.807, 2.05) is 26.8 Å². The molecule has 1 N–H and O–H groups in total. The van der Waals surface area contributed by atoms with Crippen LogP contribution in [0.25, 0.3) is 5.57 Å². The van der Waals surface area contributed by atoms with Crippen LogP contribution < -0.4 is 0 Å². The SMILES string of the molecule is C=C(C)c1ccc(C(C)C)cc1.C=C(O)CCC(=O)CCCCc1ccccc1C.CC.[HH]. The van der Waals surface area contributed by atoms with E-state index in [4.69, 9.17) is 5.11 Å². The van der Waals surface area contributed by atoms with Gasteiger partial charge in [0.25, 0.3) is 0 Å². The second kappa shape index (κ2) is 17.0. The molecule has 2 aromatic carbocycles. The molecular weight excluding hydrogens is 392 g/mol. The molecule has 0 radical (unpaired) electrons. The van der Waals surface area contributed by atoms with Crippen molar-refractivity contribution in [2.75, 3.05) is 0 Å². The summed E-state index contributed by atoms with van der Waals surface area (Å²) in [6.45, 7) is 19.8. The van der Waals surface area contributed by atoms with E-state index in [9.17, 15) is 4.79 Å². The van der Waals surface area contributed by atoms with Gasteiger partial charge in [-0.05, 0) is 61.3 Å². The minimum Gasteiger partial charge on any atom is -0.513 e. The molecule has 0 spiro atoms. The molecule has 178 valence electrons. The molecule has 0 saturated carbocycles. The molecule has 0 bridgehead atoms. The van der Waals surface area contributed by atoms with Crippen molar-refractivity contribution in [3.05, 3.63) is 89.7 Å². The van der Waals surface area contributed by atoms with Crippen molar-refractivity contribution in [3.8, 4) is 0 Å². The summed E-state index contributed by atoms with van der Waals surface area (Å²) in [5, 5.41) is 8.91. The number of benzene rings is 2. The number of hydrogen-bond donors (Lipinski definition) is 1. The number of carbonyl (C=O) groups excluding carboxylic acids is 1. The predicted molar refractivity (Wildman–Crippen MR) is 143 cm³/mol. The molecule has 0 amide bonds. The number of aliphatic hydroxyl groups excluding tert-OH is 1. The van der Waals surface area contributed by atoms with Crippen LogP contribution in [-0.4, -0.2) is 10.9 Å². The van der Waals surface area contributed by atoms with Gasteiger partial charge in [0.1, 0.15) is 5.78 Å². The lowest BCUT2D eigenvalue weighted by Gasteiger charge is -2.06. The van der Waals surface area contributed by atoms with E-state index < -0.39 is 0 Å². The Hall–Kier alpha value is -2.61. The Morgan fingerprint density at radius 2 is 1.53 bits per heavy atom. The second-order valence-electron chi connectivity index (χ2n) is 8.30. The molecule has 0 heterocycles. The summed E-state index contributed by atoms with van der Waals surface area (Å²) in [6, 6.07) is 17.0. The largest absolute Gasteiger partial charge is 0.513 e. The van der Waals surface area contributed by atoms with Gasteiger partial charge in [-0.2, -0.15) is 0 Å². The Bertz CT molecular complexity index is 819. The Balaban J connectivity index is 0. The maximum atomic E-state index is 11.5. The highest BCUT2D eigenvalue weighted by molar-refractivity contribution is 5.78. The molecular formula is C30H46O2. The maximum absolute atomic E-state index is 11.5. The first-order chi connectivity index (χ1) is 15.2. The number of allylic oxidation sites excluding steroid dienone is 2. The molecule has 0 atom stereocenters. The third-order valence-corrected chi connectivity index (χ3v) is 5.18. The number of Topliss-reactive ketones (excluding diaryl/α,β-unsaturated/α-hetero) is 1. The lowest BCUT2D eigenvalue weighted by Crippen LogP contribution is -1.99. The van der Waals surface area contributed by atoms with Crippen LogP contribution in [0.1, 0.15) is 96.3 Å². The van der Waals surface area contributed by atoms with Crippen LogP contribution in [0.4, 0.5) is 0 Å². The van der Waals surface area contributed by atoms with Gasteiger partial charge in [0.2, 0.25) is 0 Å². The normalized spacial score (nSPS) is 9.84. The average molecular weight is 439 g/mol. The molecule has 2 rings (SSSR count). The van der Waals surface area contributed by atoms with Gasteiger partial charge in [-0.1, -0.05) is 95.0 Å². The van der Waals surface area contributed by atoms with E-state index in [0.29, 0.717) is 25.2 Å². The first kappa shape index (κ1) is 29.4. The third kappa shape index (κ3) is 12.9. The minimum absolute atomic E-state index is 0. The van der Waals surface area contributed by atoms with Gasteiger partial charge in [0.15, 0.2) is 0 Å². The molecule has 0 aliphatic carbocycles. The summed E-state index contributed by atoms with van der Waals surface area (Å²) in [5.74, 6) is 0.933. The van der Waals surface area contributed by atoms with Crippen molar-refractivity contribution < 1.29 is 11.3 Å². The van der Waals surface area contributed by atoms with Gasteiger partial charge >= 0.3 is 0 Å². The van der Waals surface area contributed by atoms with Crippen LogP contribution in [0.3, 0.4) is 0 Å². The average Bonchev–Trinajstić information content (AvgIpc) is 2.78. The van der Waals surface area contributed by atoms with Crippen molar-refractivity contribution in [1.82, 2.24) is 0 Å². The van der Waals surface area contributed by atoms with E-state index in [-0.39, 0.29) is 13.0 Å². The lowest BCUT2D eigenvalue weighted by atomic mass is 10.00. The highest BCUT2D eigenvalue weighted by Gasteiger charge is 2.03. The zero-order valence-corrected chi connectivity index (χ0v) is 21.2. The van der Waals surface area contributed by atoms with Crippen LogP contribution >= 0.6 is 0 Å². The van der Waals surface area contributed by atoms with Crippen LogP contribution in [0, 0.1) is 6.92 Å². The fourth-order valence-electron chi connectivity index (χ4n) is 3.09. The van der Waals surface area contributed by atoms with Crippen molar-refractivity contribution in [2.45, 2.75) is 86.0 Å². The van der Waals surface area contributed by atoms with Gasteiger partial charge in [0.05, 0.1) is 5.76 Å². The highest BCUT2D eigenvalue weighted by Crippen LogP contribution is 2.18. The fraction of sp³-hybridized carbons (Fsp3) is 0.433. The van der Waals surface area contributed by atoms with Gasteiger partial charge < -0.3 is 5.11 Å². The molecule has 32 heavy (non-hydrogen) atoms. The first-order valence-corrected chi connectivity index (χ1v) is 11.9.